The standard InChI is InChI=1S/C30H33N5O5/c36-21-6-3-17(4-7-21)24-15-34(33-27(24)18-1-2-18)20-11-16(12-20)14-31-19-5-8-22-23(13-19)30(40)35(29(22)39)25-9-10-26(37)32-28(25)38/h3,5,8,13,15-16,18,20-21,25,31,36H,1-2,4,6-7,9-12,14H2,(H,32,37,38)/t16-,20-,21?,25?. The molecule has 0 radical (unpaired) electrons. The van der Waals surface area contributed by atoms with Gasteiger partial charge in [-0.15, -0.1) is 0 Å². The Morgan fingerprint density at radius 3 is 2.50 bits per heavy atom. The molecule has 2 saturated carbocycles. The Bertz CT molecular complexity index is 1450. The molecule has 10 nitrogen and oxygen atoms in total. The van der Waals surface area contributed by atoms with Crippen LogP contribution in [0.15, 0.2) is 30.5 Å². The van der Waals surface area contributed by atoms with E-state index in [1.165, 1.54) is 29.7 Å². The number of fused-ring (bicyclic) bond motifs is 1. The third-order valence-electron chi connectivity index (χ3n) is 9.07. The maximum absolute atomic E-state index is 13.1. The summed E-state index contributed by atoms with van der Waals surface area (Å²) in [6.07, 6.45) is 11.3. The zero-order valence-electron chi connectivity index (χ0n) is 22.3. The Morgan fingerprint density at radius 1 is 0.975 bits per heavy atom. The van der Waals surface area contributed by atoms with Crippen LogP contribution in [0.2, 0.25) is 0 Å². The summed E-state index contributed by atoms with van der Waals surface area (Å²) in [5.74, 6) is -0.941. The number of aromatic nitrogens is 2. The minimum atomic E-state index is -0.961. The third kappa shape index (κ3) is 4.44. The first-order valence-corrected chi connectivity index (χ1v) is 14.4. The van der Waals surface area contributed by atoms with Gasteiger partial charge in [-0.25, -0.2) is 0 Å². The molecule has 1 saturated heterocycles. The van der Waals surface area contributed by atoms with Crippen molar-refractivity contribution in [3.63, 3.8) is 0 Å². The number of hydrogen-bond donors (Lipinski definition) is 3. The number of nitrogens with one attached hydrogen (secondary N) is 2. The molecule has 2 aromatic rings. The van der Waals surface area contributed by atoms with E-state index in [0.29, 0.717) is 17.9 Å². The maximum atomic E-state index is 13.1. The zero-order chi connectivity index (χ0) is 27.5. The Hall–Kier alpha value is -3.79. The zero-order valence-corrected chi connectivity index (χ0v) is 22.3. The van der Waals surface area contributed by atoms with Crippen molar-refractivity contribution in [1.82, 2.24) is 20.0 Å². The number of benzene rings is 1. The van der Waals surface area contributed by atoms with E-state index in [0.717, 1.165) is 49.2 Å². The molecule has 4 amide bonds. The number of aliphatic hydroxyl groups excluding tert-OH is 1. The summed E-state index contributed by atoms with van der Waals surface area (Å²) in [6, 6.07) is 4.53. The van der Waals surface area contributed by atoms with E-state index in [-0.39, 0.29) is 36.0 Å². The van der Waals surface area contributed by atoms with Crippen molar-refractivity contribution >= 4 is 34.9 Å². The number of allylic oxidation sites excluding steroid dienone is 1. The van der Waals surface area contributed by atoms with Gasteiger partial charge in [0.25, 0.3) is 11.8 Å². The largest absolute Gasteiger partial charge is 0.393 e. The van der Waals surface area contributed by atoms with E-state index in [1.807, 2.05) is 0 Å². The lowest BCUT2D eigenvalue weighted by Gasteiger charge is -2.35. The molecule has 2 atom stereocenters. The Kier molecular flexibility index (Phi) is 6.10. The lowest BCUT2D eigenvalue weighted by atomic mass is 9.80. The molecule has 3 aliphatic carbocycles. The summed E-state index contributed by atoms with van der Waals surface area (Å²) in [5.41, 5.74) is 5.17. The monoisotopic (exact) mass is 543 g/mol. The van der Waals surface area contributed by atoms with Crippen molar-refractivity contribution in [2.75, 3.05) is 11.9 Å². The van der Waals surface area contributed by atoms with Crippen molar-refractivity contribution in [2.24, 2.45) is 5.92 Å². The van der Waals surface area contributed by atoms with Gasteiger partial charge in [0.15, 0.2) is 0 Å². The number of hydrogen-bond acceptors (Lipinski definition) is 7. The van der Waals surface area contributed by atoms with E-state index in [2.05, 4.69) is 27.6 Å². The van der Waals surface area contributed by atoms with Gasteiger partial charge >= 0.3 is 0 Å². The first-order valence-electron chi connectivity index (χ1n) is 14.4. The van der Waals surface area contributed by atoms with Crippen molar-refractivity contribution in [3.8, 4) is 0 Å². The van der Waals surface area contributed by atoms with Gasteiger partial charge in [-0.1, -0.05) is 6.08 Å². The van der Waals surface area contributed by atoms with Crippen molar-refractivity contribution in [3.05, 3.63) is 52.9 Å². The van der Waals surface area contributed by atoms with Crippen LogP contribution in [0, 0.1) is 5.92 Å². The van der Waals surface area contributed by atoms with Crippen LogP contribution in [0.25, 0.3) is 5.57 Å². The van der Waals surface area contributed by atoms with Crippen LogP contribution in [0.4, 0.5) is 5.69 Å². The van der Waals surface area contributed by atoms with Crippen LogP contribution in [0.5, 0.6) is 0 Å². The molecular formula is C30H33N5O5. The maximum Gasteiger partial charge on any atom is 0.262 e. The molecule has 3 heterocycles. The van der Waals surface area contributed by atoms with Gasteiger partial charge in [0.05, 0.1) is 29.0 Å². The lowest BCUT2D eigenvalue weighted by Crippen LogP contribution is -2.54. The van der Waals surface area contributed by atoms with E-state index in [1.54, 1.807) is 18.2 Å². The SMILES string of the molecule is O=C1CCC(N2C(=O)c3ccc(NC[C@H]4C[C@H](n5cc(C6=CCC(O)CC6)c(C6CC6)n5)C4)cc3C2=O)C(=O)N1. The molecule has 0 bridgehead atoms. The highest BCUT2D eigenvalue weighted by atomic mass is 16.3. The quantitative estimate of drug-likeness (QED) is 0.457. The summed E-state index contributed by atoms with van der Waals surface area (Å²) in [7, 11) is 0. The van der Waals surface area contributed by atoms with Gasteiger partial charge in [-0.2, -0.15) is 5.10 Å². The van der Waals surface area contributed by atoms with E-state index in [4.69, 9.17) is 5.10 Å². The molecule has 0 spiro atoms. The second kappa shape index (κ2) is 9.69. The van der Waals surface area contributed by atoms with E-state index in [9.17, 15) is 24.3 Å². The number of rotatable bonds is 7. The van der Waals surface area contributed by atoms with Crippen LogP contribution >= 0.6 is 0 Å². The van der Waals surface area contributed by atoms with Gasteiger partial charge in [-0.05, 0) is 81.1 Å². The second-order valence-corrected chi connectivity index (χ2v) is 11.9. The third-order valence-corrected chi connectivity index (χ3v) is 9.07. The molecule has 1 aromatic carbocycles. The molecule has 2 unspecified atom stereocenters. The van der Waals surface area contributed by atoms with Gasteiger partial charge in [-0.3, -0.25) is 34.1 Å². The number of nitrogens with zero attached hydrogens (tertiary/aromatic N) is 3. The predicted octanol–water partition coefficient (Wildman–Crippen LogP) is 3.15. The fraction of sp³-hybridized carbons (Fsp3) is 0.500. The summed E-state index contributed by atoms with van der Waals surface area (Å²) in [6.45, 7) is 0.751. The fourth-order valence-electron chi connectivity index (χ4n) is 6.49. The summed E-state index contributed by atoms with van der Waals surface area (Å²) in [4.78, 5) is 50.8. The minimum absolute atomic E-state index is 0.0999. The molecule has 2 aliphatic heterocycles. The highest BCUT2D eigenvalue weighted by Gasteiger charge is 2.44. The van der Waals surface area contributed by atoms with Crippen molar-refractivity contribution < 1.29 is 24.3 Å². The van der Waals surface area contributed by atoms with Crippen LogP contribution < -0.4 is 10.6 Å². The number of carbonyl (C=O) groups excluding carboxylic acids is 4. The topological polar surface area (TPSA) is 134 Å². The number of carbonyl (C=O) groups is 4. The first kappa shape index (κ1) is 25.2. The first-order chi connectivity index (χ1) is 19.4. The minimum Gasteiger partial charge on any atom is -0.393 e. The molecule has 208 valence electrons. The lowest BCUT2D eigenvalue weighted by molar-refractivity contribution is -0.136. The molecule has 3 fully saturated rings. The second-order valence-electron chi connectivity index (χ2n) is 11.9. The smallest absolute Gasteiger partial charge is 0.262 e. The van der Waals surface area contributed by atoms with Gasteiger partial charge in [0, 0.05) is 36.3 Å². The highest BCUT2D eigenvalue weighted by Crippen LogP contribution is 2.46. The number of anilines is 1. The van der Waals surface area contributed by atoms with Crippen molar-refractivity contribution in [1.29, 1.82) is 0 Å². The molecule has 5 aliphatic rings. The number of piperidine rings is 1. The Morgan fingerprint density at radius 2 is 1.77 bits per heavy atom. The Labute approximate surface area is 231 Å². The molecule has 1 aromatic heterocycles. The summed E-state index contributed by atoms with van der Waals surface area (Å²) in [5, 5.41) is 20.6. The van der Waals surface area contributed by atoms with Crippen LogP contribution in [-0.2, 0) is 9.59 Å². The van der Waals surface area contributed by atoms with Crippen molar-refractivity contribution in [2.45, 2.75) is 81.9 Å². The molecule has 3 N–H and O–H groups in total. The summed E-state index contributed by atoms with van der Waals surface area (Å²) >= 11 is 0. The number of imide groups is 2. The normalized spacial score (nSPS) is 28.2. The molecule has 40 heavy (non-hydrogen) atoms. The number of amides is 4. The van der Waals surface area contributed by atoms with Crippen LogP contribution in [-0.4, -0.2) is 62.1 Å². The molecule has 7 rings (SSSR count). The van der Waals surface area contributed by atoms with Crippen LogP contribution in [0.3, 0.4) is 0 Å². The number of aliphatic hydroxyl groups is 1. The summed E-state index contributed by atoms with van der Waals surface area (Å²) < 4.78 is 2.16. The average molecular weight is 544 g/mol. The molecule has 10 heteroatoms. The van der Waals surface area contributed by atoms with E-state index < -0.39 is 23.8 Å². The van der Waals surface area contributed by atoms with E-state index >= 15 is 0 Å². The van der Waals surface area contributed by atoms with Gasteiger partial charge in [0.2, 0.25) is 11.8 Å². The predicted molar refractivity (Wildman–Crippen MR) is 145 cm³/mol. The average Bonchev–Trinajstić information content (AvgIpc) is 3.63. The highest BCUT2D eigenvalue weighted by molar-refractivity contribution is 6.23. The van der Waals surface area contributed by atoms with Gasteiger partial charge < -0.3 is 10.4 Å². The fourth-order valence-corrected chi connectivity index (χ4v) is 6.49. The van der Waals surface area contributed by atoms with Crippen LogP contribution in [0.1, 0.15) is 102 Å². The van der Waals surface area contributed by atoms with Gasteiger partial charge in [0.1, 0.15) is 6.04 Å². The molecular weight excluding hydrogens is 510 g/mol. The Balaban J connectivity index is 0.975.